The normalized spacial score (nSPS) is 16.0. The third kappa shape index (κ3) is 5.61. The lowest BCUT2D eigenvalue weighted by Crippen LogP contribution is -2.40. The maximum atomic E-state index is 12.6. The van der Waals surface area contributed by atoms with Crippen LogP contribution in [0.15, 0.2) is 79.4 Å². The molecule has 3 aromatic rings. The van der Waals surface area contributed by atoms with E-state index in [9.17, 15) is 10.1 Å². The van der Waals surface area contributed by atoms with Gasteiger partial charge in [-0.1, -0.05) is 45.0 Å². The van der Waals surface area contributed by atoms with E-state index < -0.39 is 14.4 Å². The number of pyridine rings is 2. The topological polar surface area (TPSA) is 79.1 Å². The van der Waals surface area contributed by atoms with E-state index in [1.54, 1.807) is 18.5 Å². The second-order valence-electron chi connectivity index (χ2n) is 10.6. The molecule has 1 aliphatic rings. The minimum Gasteiger partial charge on any atom is -0.413 e. The lowest BCUT2D eigenvalue weighted by atomic mass is 9.89. The van der Waals surface area contributed by atoms with Gasteiger partial charge in [0.1, 0.15) is 12.3 Å². The third-order valence-corrected chi connectivity index (χ3v) is 11.6. The molecule has 0 N–H and O–H groups in total. The number of nitriles is 1. The van der Waals surface area contributed by atoms with Gasteiger partial charge in [0, 0.05) is 24.2 Å². The van der Waals surface area contributed by atoms with Crippen molar-refractivity contribution in [3.63, 3.8) is 0 Å². The Bertz CT molecular complexity index is 1380. The number of anilines is 1. The lowest BCUT2D eigenvalue weighted by Gasteiger charge is -2.36. The van der Waals surface area contributed by atoms with Crippen LogP contribution in [0.5, 0.6) is 0 Å². The smallest absolute Gasteiger partial charge is 0.192 e. The number of benzene rings is 1. The zero-order chi connectivity index (χ0) is 26.6. The van der Waals surface area contributed by atoms with Crippen LogP contribution in [0.2, 0.25) is 18.1 Å². The summed E-state index contributed by atoms with van der Waals surface area (Å²) in [5, 5.41) is 9.86. The molecule has 7 heteroatoms. The average Bonchev–Trinajstić information content (AvgIpc) is 2.91. The quantitative estimate of drug-likeness (QED) is 0.272. The molecule has 6 nitrogen and oxygen atoms in total. The number of hydrogen-bond donors (Lipinski definition) is 0. The predicted molar refractivity (Wildman–Crippen MR) is 150 cm³/mol. The largest absolute Gasteiger partial charge is 0.413 e. The van der Waals surface area contributed by atoms with Gasteiger partial charge in [-0.15, -0.1) is 0 Å². The lowest BCUT2D eigenvalue weighted by molar-refractivity contribution is -0.107. The SMILES string of the molecule is CC(C)(C)[Si](C)(C)OCc1cncc(N2C=C(c3ccccn3)C=C(c3ccccc3C#N)C2C=O)c1. The molecule has 37 heavy (non-hydrogen) atoms. The second kappa shape index (κ2) is 10.6. The van der Waals surface area contributed by atoms with E-state index in [0.29, 0.717) is 12.2 Å². The Morgan fingerprint density at radius 1 is 1.14 bits per heavy atom. The molecule has 3 heterocycles. The van der Waals surface area contributed by atoms with Crippen LogP contribution in [0, 0.1) is 11.3 Å². The second-order valence-corrected chi connectivity index (χ2v) is 15.5. The van der Waals surface area contributed by atoms with Gasteiger partial charge in [-0.05, 0) is 65.2 Å². The molecule has 0 bridgehead atoms. The van der Waals surface area contributed by atoms with Crippen LogP contribution in [-0.2, 0) is 15.8 Å². The van der Waals surface area contributed by atoms with Gasteiger partial charge < -0.3 is 14.1 Å². The summed E-state index contributed by atoms with van der Waals surface area (Å²) in [6, 6.07) is 16.7. The van der Waals surface area contributed by atoms with Crippen molar-refractivity contribution in [2.24, 2.45) is 0 Å². The molecular formula is C30H32N4O2Si. The molecule has 1 atom stereocenters. The first-order valence-electron chi connectivity index (χ1n) is 12.3. The van der Waals surface area contributed by atoms with Gasteiger partial charge in [-0.2, -0.15) is 5.26 Å². The van der Waals surface area contributed by atoms with Crippen LogP contribution in [-0.4, -0.2) is 30.6 Å². The highest BCUT2D eigenvalue weighted by atomic mass is 28.4. The van der Waals surface area contributed by atoms with Crippen molar-refractivity contribution in [1.29, 1.82) is 5.26 Å². The number of hydrogen-bond acceptors (Lipinski definition) is 6. The minimum atomic E-state index is -1.94. The molecule has 1 aromatic carbocycles. The number of carbonyl (C=O) groups excluding carboxylic acids is 1. The van der Waals surface area contributed by atoms with Gasteiger partial charge in [0.25, 0.3) is 0 Å². The Labute approximate surface area is 220 Å². The van der Waals surface area contributed by atoms with Gasteiger partial charge >= 0.3 is 0 Å². The predicted octanol–water partition coefficient (Wildman–Crippen LogP) is 6.38. The van der Waals surface area contributed by atoms with Crippen LogP contribution in [0.4, 0.5) is 5.69 Å². The molecule has 0 fully saturated rings. The van der Waals surface area contributed by atoms with E-state index in [0.717, 1.165) is 39.9 Å². The molecule has 0 spiro atoms. The fourth-order valence-electron chi connectivity index (χ4n) is 3.96. The average molecular weight is 509 g/mol. The summed E-state index contributed by atoms with van der Waals surface area (Å²) in [6.45, 7) is 11.5. The van der Waals surface area contributed by atoms with E-state index in [2.05, 4.69) is 49.9 Å². The number of rotatable bonds is 7. The Hall–Kier alpha value is -3.86. The molecular weight excluding hydrogens is 476 g/mol. The highest BCUT2D eigenvalue weighted by Crippen LogP contribution is 2.38. The number of carbonyl (C=O) groups is 1. The molecule has 188 valence electrons. The van der Waals surface area contributed by atoms with E-state index in [-0.39, 0.29) is 5.04 Å². The Morgan fingerprint density at radius 2 is 1.89 bits per heavy atom. The van der Waals surface area contributed by atoms with Gasteiger partial charge in [0.2, 0.25) is 0 Å². The van der Waals surface area contributed by atoms with E-state index in [1.807, 2.05) is 65.8 Å². The van der Waals surface area contributed by atoms with E-state index in [4.69, 9.17) is 4.43 Å². The maximum absolute atomic E-state index is 12.6. The van der Waals surface area contributed by atoms with Crippen molar-refractivity contribution >= 4 is 31.4 Å². The van der Waals surface area contributed by atoms with Crippen molar-refractivity contribution in [3.8, 4) is 6.07 Å². The number of allylic oxidation sites excluding steroid dienone is 2. The standard InChI is InChI=1S/C30H32N4O2Si/c1-30(2,3)37(4,5)36-21-22-14-25(18-32-17-22)34-19-24(28-12-8-9-13-33-28)15-27(29(34)20-35)26-11-7-6-10-23(26)16-31/h6-15,17-20,29H,21H2,1-5H3. The fourth-order valence-corrected chi connectivity index (χ4v) is 4.92. The molecule has 0 amide bonds. The Balaban J connectivity index is 1.77. The highest BCUT2D eigenvalue weighted by Gasteiger charge is 2.37. The highest BCUT2D eigenvalue weighted by molar-refractivity contribution is 6.74. The molecule has 1 aliphatic heterocycles. The molecule has 1 unspecified atom stereocenters. The molecule has 0 radical (unpaired) electrons. The summed E-state index contributed by atoms with van der Waals surface area (Å²) in [4.78, 5) is 23.5. The van der Waals surface area contributed by atoms with Gasteiger partial charge in [-0.3, -0.25) is 9.97 Å². The maximum Gasteiger partial charge on any atom is 0.192 e. The van der Waals surface area contributed by atoms with Gasteiger partial charge in [-0.25, -0.2) is 0 Å². The van der Waals surface area contributed by atoms with Crippen LogP contribution in [0.25, 0.3) is 11.1 Å². The molecule has 0 saturated heterocycles. The monoisotopic (exact) mass is 508 g/mol. The summed E-state index contributed by atoms with van der Waals surface area (Å²) in [7, 11) is -1.94. The number of aldehydes is 1. The molecule has 0 saturated carbocycles. The third-order valence-electron chi connectivity index (χ3n) is 7.14. The van der Waals surface area contributed by atoms with Crippen LogP contribution in [0.3, 0.4) is 0 Å². The summed E-state index contributed by atoms with van der Waals surface area (Å²) in [5.41, 5.74) is 5.28. The van der Waals surface area contributed by atoms with Crippen molar-refractivity contribution in [3.05, 3.63) is 102 Å². The Kier molecular flexibility index (Phi) is 7.53. The number of nitrogens with zero attached hydrogens (tertiary/aromatic N) is 4. The van der Waals surface area contributed by atoms with Crippen LogP contribution < -0.4 is 4.90 Å². The van der Waals surface area contributed by atoms with Gasteiger partial charge in [0.15, 0.2) is 8.32 Å². The molecule has 4 rings (SSSR count). The molecule has 0 aliphatic carbocycles. The van der Waals surface area contributed by atoms with Gasteiger partial charge in [0.05, 0.1) is 35.8 Å². The number of aromatic nitrogens is 2. The van der Waals surface area contributed by atoms with E-state index >= 15 is 0 Å². The summed E-state index contributed by atoms with van der Waals surface area (Å²) < 4.78 is 6.42. The molecule has 2 aromatic heterocycles. The van der Waals surface area contributed by atoms with E-state index in [1.165, 1.54) is 0 Å². The summed E-state index contributed by atoms with van der Waals surface area (Å²) >= 11 is 0. The fraction of sp³-hybridized carbons (Fsp3) is 0.267. The van der Waals surface area contributed by atoms with Crippen molar-refractivity contribution in [2.75, 3.05) is 4.90 Å². The summed E-state index contributed by atoms with van der Waals surface area (Å²) in [5.74, 6) is 0. The van der Waals surface area contributed by atoms with Crippen molar-refractivity contribution < 1.29 is 9.22 Å². The summed E-state index contributed by atoms with van der Waals surface area (Å²) in [6.07, 6.45) is 10.1. The van der Waals surface area contributed by atoms with Crippen LogP contribution in [0.1, 0.15) is 43.2 Å². The first-order valence-corrected chi connectivity index (χ1v) is 15.2. The minimum absolute atomic E-state index is 0.0989. The van der Waals surface area contributed by atoms with Crippen molar-refractivity contribution in [2.45, 2.75) is 51.6 Å². The first kappa shape index (κ1) is 26.2. The zero-order valence-electron chi connectivity index (χ0n) is 22.0. The first-order chi connectivity index (χ1) is 17.6. The Morgan fingerprint density at radius 3 is 2.57 bits per heavy atom. The zero-order valence-corrected chi connectivity index (χ0v) is 23.0. The van der Waals surface area contributed by atoms with Crippen LogP contribution >= 0.6 is 0 Å². The van der Waals surface area contributed by atoms with Crippen molar-refractivity contribution in [1.82, 2.24) is 9.97 Å².